The van der Waals surface area contributed by atoms with E-state index in [4.69, 9.17) is 10.5 Å². The van der Waals surface area contributed by atoms with Gasteiger partial charge in [0.05, 0.1) is 10.5 Å². The molecule has 20 heavy (non-hydrogen) atoms. The zero-order valence-corrected chi connectivity index (χ0v) is 11.2. The number of carbonyl (C=O) groups is 1. The van der Waals surface area contributed by atoms with Gasteiger partial charge in [-0.25, -0.2) is 0 Å². The molecule has 1 aromatic carbocycles. The topological polar surface area (TPSA) is 107 Å². The van der Waals surface area contributed by atoms with Gasteiger partial charge < -0.3 is 15.8 Å². The van der Waals surface area contributed by atoms with Crippen molar-refractivity contribution in [3.63, 3.8) is 0 Å². The fourth-order valence-electron chi connectivity index (χ4n) is 2.21. The second kappa shape index (κ2) is 5.46. The van der Waals surface area contributed by atoms with E-state index in [0.717, 1.165) is 19.3 Å². The average Bonchev–Trinajstić information content (AvgIpc) is 2.38. The van der Waals surface area contributed by atoms with E-state index in [2.05, 4.69) is 5.32 Å². The van der Waals surface area contributed by atoms with Crippen molar-refractivity contribution in [1.29, 1.82) is 0 Å². The third-order valence-electron chi connectivity index (χ3n) is 3.76. The quantitative estimate of drug-likeness (QED) is 0.482. The maximum atomic E-state index is 12.0. The van der Waals surface area contributed by atoms with Crippen molar-refractivity contribution < 1.29 is 14.5 Å². The van der Waals surface area contributed by atoms with Gasteiger partial charge in [0.2, 0.25) is 0 Å². The summed E-state index contributed by atoms with van der Waals surface area (Å²) in [5, 5.41) is 13.5. The number of methoxy groups -OCH3 is 1. The number of hydrogen-bond acceptors (Lipinski definition) is 5. The number of amides is 1. The van der Waals surface area contributed by atoms with Crippen LogP contribution < -0.4 is 11.1 Å². The molecule has 7 nitrogen and oxygen atoms in total. The molecule has 1 aliphatic rings. The van der Waals surface area contributed by atoms with Gasteiger partial charge in [-0.2, -0.15) is 0 Å². The Kier molecular flexibility index (Phi) is 3.89. The Hall–Kier alpha value is -2.15. The van der Waals surface area contributed by atoms with Crippen molar-refractivity contribution in [1.82, 2.24) is 5.32 Å². The van der Waals surface area contributed by atoms with Gasteiger partial charge in [0.25, 0.3) is 11.6 Å². The maximum Gasteiger partial charge on any atom is 0.292 e. The van der Waals surface area contributed by atoms with Crippen molar-refractivity contribution in [2.75, 3.05) is 19.4 Å². The first-order valence-corrected chi connectivity index (χ1v) is 6.35. The molecule has 7 heteroatoms. The van der Waals surface area contributed by atoms with E-state index in [1.165, 1.54) is 18.2 Å². The number of ether oxygens (including phenoxy) is 1. The normalized spacial score (nSPS) is 16.2. The summed E-state index contributed by atoms with van der Waals surface area (Å²) in [5.41, 5.74) is 5.21. The number of nitro groups is 1. The smallest absolute Gasteiger partial charge is 0.292 e. The molecule has 0 saturated heterocycles. The molecule has 0 spiro atoms. The minimum absolute atomic E-state index is 0.0407. The Morgan fingerprint density at radius 1 is 1.55 bits per heavy atom. The summed E-state index contributed by atoms with van der Waals surface area (Å²) in [6.45, 7) is 0.403. The fraction of sp³-hybridized carbons (Fsp3) is 0.462. The van der Waals surface area contributed by atoms with Crippen LogP contribution in [0.25, 0.3) is 0 Å². The van der Waals surface area contributed by atoms with Crippen LogP contribution in [-0.2, 0) is 4.74 Å². The molecule has 0 aliphatic heterocycles. The first-order valence-electron chi connectivity index (χ1n) is 6.35. The van der Waals surface area contributed by atoms with Crippen LogP contribution in [0.2, 0.25) is 0 Å². The molecule has 0 heterocycles. The third-order valence-corrected chi connectivity index (χ3v) is 3.76. The van der Waals surface area contributed by atoms with Crippen molar-refractivity contribution >= 4 is 17.3 Å². The molecule has 1 aliphatic carbocycles. The van der Waals surface area contributed by atoms with Gasteiger partial charge in [-0.3, -0.25) is 14.9 Å². The van der Waals surface area contributed by atoms with Crippen LogP contribution in [-0.4, -0.2) is 30.1 Å². The fourth-order valence-corrected chi connectivity index (χ4v) is 2.21. The summed E-state index contributed by atoms with van der Waals surface area (Å²) < 4.78 is 5.40. The number of nitro benzene ring substituents is 1. The number of nitrogen functional groups attached to an aromatic ring is 1. The van der Waals surface area contributed by atoms with E-state index in [9.17, 15) is 14.9 Å². The molecule has 0 aromatic heterocycles. The van der Waals surface area contributed by atoms with Crippen molar-refractivity contribution in [2.45, 2.75) is 24.9 Å². The largest absolute Gasteiger partial charge is 0.393 e. The number of nitrogens with two attached hydrogens (primary N) is 1. The SMILES string of the molecule is COC1(CNC(=O)c2ccc(N)c([N+](=O)[O-])c2)CCC1. The number of anilines is 1. The molecule has 3 N–H and O–H groups in total. The first kappa shape index (κ1) is 14.3. The number of nitrogens with one attached hydrogen (secondary N) is 1. The Balaban J connectivity index is 2.06. The van der Waals surface area contributed by atoms with Crippen LogP contribution in [0.1, 0.15) is 29.6 Å². The number of hydrogen-bond donors (Lipinski definition) is 2. The van der Waals surface area contributed by atoms with Gasteiger partial charge in [-0.05, 0) is 31.4 Å². The average molecular weight is 279 g/mol. The summed E-state index contributed by atoms with van der Waals surface area (Å²) in [6.07, 6.45) is 2.90. The van der Waals surface area contributed by atoms with Gasteiger partial charge >= 0.3 is 0 Å². The first-order chi connectivity index (χ1) is 9.47. The minimum atomic E-state index is -0.602. The van der Waals surface area contributed by atoms with Crippen LogP contribution in [0.15, 0.2) is 18.2 Å². The Labute approximate surface area is 116 Å². The van der Waals surface area contributed by atoms with Gasteiger partial charge in [-0.1, -0.05) is 0 Å². The summed E-state index contributed by atoms with van der Waals surface area (Å²) >= 11 is 0. The predicted molar refractivity (Wildman–Crippen MR) is 73.4 cm³/mol. The molecular formula is C13H17N3O4. The zero-order chi connectivity index (χ0) is 14.8. The second-order valence-corrected chi connectivity index (χ2v) is 4.95. The van der Waals surface area contributed by atoms with Crippen molar-refractivity contribution in [3.05, 3.63) is 33.9 Å². The summed E-state index contributed by atoms with van der Waals surface area (Å²) in [5.74, 6) is -0.364. The third kappa shape index (κ3) is 2.72. The molecule has 0 atom stereocenters. The molecule has 1 fully saturated rings. The molecular weight excluding hydrogens is 262 g/mol. The molecule has 1 saturated carbocycles. The van der Waals surface area contributed by atoms with Crippen LogP contribution in [0, 0.1) is 10.1 Å². The van der Waals surface area contributed by atoms with Crippen LogP contribution in [0.5, 0.6) is 0 Å². The lowest BCUT2D eigenvalue weighted by Crippen LogP contribution is -2.49. The highest BCUT2D eigenvalue weighted by molar-refractivity contribution is 5.95. The molecule has 108 valence electrons. The predicted octanol–water partition coefficient (Wildman–Crippen LogP) is 1.48. The Bertz CT molecular complexity index is 535. The molecule has 0 unspecified atom stereocenters. The van der Waals surface area contributed by atoms with E-state index in [1.807, 2.05) is 0 Å². The number of nitrogens with zero attached hydrogens (tertiary/aromatic N) is 1. The van der Waals surface area contributed by atoms with Crippen molar-refractivity contribution in [3.8, 4) is 0 Å². The summed E-state index contributed by atoms with van der Waals surface area (Å²) in [4.78, 5) is 22.2. The maximum absolute atomic E-state index is 12.0. The summed E-state index contributed by atoms with van der Waals surface area (Å²) in [7, 11) is 1.62. The highest BCUT2D eigenvalue weighted by Gasteiger charge is 2.37. The Morgan fingerprint density at radius 2 is 2.25 bits per heavy atom. The minimum Gasteiger partial charge on any atom is -0.393 e. The van der Waals surface area contributed by atoms with Crippen LogP contribution in [0.3, 0.4) is 0 Å². The zero-order valence-electron chi connectivity index (χ0n) is 11.2. The molecule has 2 rings (SSSR count). The Morgan fingerprint density at radius 3 is 2.75 bits per heavy atom. The van der Waals surface area contributed by atoms with Crippen LogP contribution in [0.4, 0.5) is 11.4 Å². The van der Waals surface area contributed by atoms with E-state index < -0.39 is 4.92 Å². The number of carbonyl (C=O) groups excluding carboxylic acids is 1. The molecule has 0 bridgehead atoms. The molecule has 1 aromatic rings. The van der Waals surface area contributed by atoms with E-state index in [0.29, 0.717) is 6.54 Å². The lowest BCUT2D eigenvalue weighted by molar-refractivity contribution is -0.383. The lowest BCUT2D eigenvalue weighted by Gasteiger charge is -2.40. The van der Waals surface area contributed by atoms with Crippen molar-refractivity contribution in [2.24, 2.45) is 0 Å². The van der Waals surface area contributed by atoms with Gasteiger partial charge in [-0.15, -0.1) is 0 Å². The monoisotopic (exact) mass is 279 g/mol. The van der Waals surface area contributed by atoms with E-state index in [1.54, 1.807) is 7.11 Å². The second-order valence-electron chi connectivity index (χ2n) is 4.95. The van der Waals surface area contributed by atoms with Gasteiger partial charge in [0, 0.05) is 25.3 Å². The highest BCUT2D eigenvalue weighted by Crippen LogP contribution is 2.34. The highest BCUT2D eigenvalue weighted by atomic mass is 16.6. The van der Waals surface area contributed by atoms with E-state index in [-0.39, 0.29) is 28.4 Å². The van der Waals surface area contributed by atoms with Crippen LogP contribution >= 0.6 is 0 Å². The lowest BCUT2D eigenvalue weighted by atomic mass is 9.80. The molecule has 0 radical (unpaired) electrons. The summed E-state index contributed by atoms with van der Waals surface area (Å²) in [6, 6.07) is 4.02. The van der Waals surface area contributed by atoms with Gasteiger partial charge in [0.15, 0.2) is 0 Å². The van der Waals surface area contributed by atoms with Gasteiger partial charge in [0.1, 0.15) is 5.69 Å². The molecule has 1 amide bonds. The van der Waals surface area contributed by atoms with E-state index >= 15 is 0 Å². The number of rotatable bonds is 5. The number of benzene rings is 1. The standard InChI is InChI=1S/C13H17N3O4/c1-20-13(5-2-6-13)8-15-12(17)9-3-4-10(14)11(7-9)16(18)19/h3-4,7H,2,5-6,8,14H2,1H3,(H,15,17).